The Bertz CT molecular complexity index is 858. The Labute approximate surface area is 133 Å². The Morgan fingerprint density at radius 2 is 1.83 bits per heavy atom. The lowest BCUT2D eigenvalue weighted by atomic mass is 9.99. The number of alkyl halides is 3. The lowest BCUT2D eigenvalue weighted by Crippen LogP contribution is -2.40. The first-order valence-electron chi connectivity index (χ1n) is 7.22. The topological polar surface area (TPSA) is 46.5 Å². The Balaban J connectivity index is 2.90. The fraction of sp³-hybridized carbons (Fsp3) is 0.250. The molecular weight excluding hydrogens is 376 g/mol. The highest BCUT2D eigenvalue weighted by atomic mass is 32.5. The van der Waals surface area contributed by atoms with Crippen molar-refractivity contribution in [2.45, 2.75) is 24.0 Å². The number of rotatable bonds is 2. The van der Waals surface area contributed by atoms with Gasteiger partial charge in [-0.3, -0.25) is 0 Å². The van der Waals surface area contributed by atoms with Gasteiger partial charge in [-0.1, -0.05) is 19.4 Å². The molecule has 2 rings (SSSR count). The highest BCUT2D eigenvalue weighted by Crippen LogP contribution is 3.02. The number of aryl methyl sites for hydroxylation is 1. The summed E-state index contributed by atoms with van der Waals surface area (Å²) in [5.74, 6) is -3.52. The normalized spacial score (nSPS) is 23.4. The summed E-state index contributed by atoms with van der Waals surface area (Å²) in [5.41, 5.74) is -4.33. The number of ether oxygens (including phenoxy) is 1. The third-order valence-corrected chi connectivity index (χ3v) is 4.04. The molecule has 24 heavy (non-hydrogen) atoms. The molecule has 0 amide bonds. The largest absolute Gasteiger partial charge is 0.478 e. The summed E-state index contributed by atoms with van der Waals surface area (Å²) >= 11 is 0. The molecule has 12 heteroatoms. The molecule has 1 heterocycles. The van der Waals surface area contributed by atoms with E-state index in [1.807, 2.05) is 0 Å². The van der Waals surface area contributed by atoms with Gasteiger partial charge in [-0.05, 0) is 30.6 Å². The van der Waals surface area contributed by atoms with E-state index in [0.29, 0.717) is 0 Å². The molecule has 0 radical (unpaired) electrons. The minimum Gasteiger partial charge on any atom is -0.478 e. The predicted octanol–water partition coefficient (Wildman–Crippen LogP) is 5.44. The number of aliphatic carboxylic acids is 1. The maximum Gasteiger partial charge on any atom is 0.430 e. The van der Waals surface area contributed by atoms with Crippen LogP contribution in [0.5, 0.6) is 5.75 Å². The fourth-order valence-electron chi connectivity index (χ4n) is 1.93. The fourth-order valence-corrected chi connectivity index (χ4v) is 2.62. The van der Waals surface area contributed by atoms with Crippen molar-refractivity contribution in [2.75, 3.05) is 0 Å². The molecule has 0 spiro atoms. The molecule has 0 aromatic heterocycles. The molecule has 0 saturated heterocycles. The molecule has 0 unspecified atom stereocenters. The molecular formula is C12H8F8O3S. The summed E-state index contributed by atoms with van der Waals surface area (Å²) in [6.45, 7) is -3.56. The van der Waals surface area contributed by atoms with E-state index in [1.54, 1.807) is 0 Å². The van der Waals surface area contributed by atoms with Crippen LogP contribution < -0.4 is 4.74 Å². The van der Waals surface area contributed by atoms with Crippen LogP contribution in [0.4, 0.5) is 32.6 Å². The minimum absolute atomic E-state index is 0.0293. The van der Waals surface area contributed by atoms with Crippen molar-refractivity contribution < 1.29 is 51.4 Å². The van der Waals surface area contributed by atoms with Crippen LogP contribution in [0.2, 0.25) is 0 Å². The van der Waals surface area contributed by atoms with Gasteiger partial charge in [0.25, 0.3) is 0 Å². The van der Waals surface area contributed by atoms with Crippen LogP contribution in [-0.4, -0.2) is 23.4 Å². The van der Waals surface area contributed by atoms with Gasteiger partial charge < -0.3 is 9.84 Å². The molecule has 3 nitrogen and oxygen atoms in total. The molecule has 0 saturated carbocycles. The van der Waals surface area contributed by atoms with Crippen molar-refractivity contribution in [1.29, 1.82) is 0 Å². The second kappa shape index (κ2) is 4.35. The van der Waals surface area contributed by atoms with E-state index in [-0.39, 0.29) is 12.1 Å². The number of hydrogen-bond acceptors (Lipinski definition) is 2. The molecule has 136 valence electrons. The molecule has 0 fully saturated rings. The second-order valence-corrected chi connectivity index (χ2v) is 7.21. The maximum atomic E-state index is 13.1. The average Bonchev–Trinajstić information content (AvgIpc) is 2.39. The lowest BCUT2D eigenvalue weighted by Gasteiger charge is -2.41. The highest BCUT2D eigenvalue weighted by molar-refractivity contribution is 8.45. The van der Waals surface area contributed by atoms with E-state index in [4.69, 9.17) is 9.22 Å². The summed E-state index contributed by atoms with van der Waals surface area (Å²) in [7, 11) is -10.4. The van der Waals surface area contributed by atoms with Crippen LogP contribution in [0, 0.1) is 6.85 Å². The van der Waals surface area contributed by atoms with Gasteiger partial charge in [0, 0.05) is 9.68 Å². The summed E-state index contributed by atoms with van der Waals surface area (Å²) in [6.07, 6.45) is -8.54. The van der Waals surface area contributed by atoms with Crippen molar-refractivity contribution in [1.82, 2.24) is 0 Å². The first kappa shape index (κ1) is 14.4. The van der Waals surface area contributed by atoms with Gasteiger partial charge in [-0.15, -0.1) is 0 Å². The van der Waals surface area contributed by atoms with E-state index in [1.165, 1.54) is 0 Å². The number of hydrogen-bond donors (Lipinski definition) is 1. The standard InChI is InChI=1S/C12H8F8O3S/c1-5-2-7(24(16,17,18,19)20)3-6-4-8(11(21)22)10(12(13,14)15)23-9(5)6/h2-4,10H,1H3,(H,21,22)/t10-/m0/s1/i1D3. The number of carboxylic acid groups (broad SMARTS) is 1. The van der Waals surface area contributed by atoms with Crippen molar-refractivity contribution in [3.05, 3.63) is 28.8 Å². The summed E-state index contributed by atoms with van der Waals surface area (Å²) in [6, 6.07) is -0.859. The van der Waals surface area contributed by atoms with E-state index in [9.17, 15) is 37.4 Å². The van der Waals surface area contributed by atoms with Crippen LogP contribution in [0.1, 0.15) is 15.2 Å². The zero-order valence-corrected chi connectivity index (χ0v) is 11.8. The third-order valence-electron chi connectivity index (χ3n) is 2.91. The van der Waals surface area contributed by atoms with Crippen LogP contribution in [0.25, 0.3) is 6.08 Å². The number of benzene rings is 1. The second-order valence-electron chi connectivity index (χ2n) is 4.80. The first-order valence-corrected chi connectivity index (χ1v) is 7.67. The first-order chi connectivity index (χ1) is 11.6. The molecule has 1 aromatic rings. The molecule has 0 bridgehead atoms. The van der Waals surface area contributed by atoms with Gasteiger partial charge in [0.1, 0.15) is 10.6 Å². The van der Waals surface area contributed by atoms with Crippen LogP contribution in [0.15, 0.2) is 22.6 Å². The van der Waals surface area contributed by atoms with Crippen LogP contribution in [-0.2, 0) is 4.79 Å². The maximum absolute atomic E-state index is 13.1. The highest BCUT2D eigenvalue weighted by Gasteiger charge is 2.65. The quantitative estimate of drug-likeness (QED) is 0.687. The number of halogens is 8. The zero-order valence-electron chi connectivity index (χ0n) is 14.0. The van der Waals surface area contributed by atoms with Crippen molar-refractivity contribution >= 4 is 22.3 Å². The molecule has 1 aliphatic heterocycles. The Morgan fingerprint density at radius 3 is 2.25 bits per heavy atom. The number of carboxylic acids is 1. The van der Waals surface area contributed by atoms with Gasteiger partial charge in [-0.25, -0.2) is 4.79 Å². The van der Waals surface area contributed by atoms with Gasteiger partial charge >= 0.3 is 22.4 Å². The molecule has 0 aliphatic carbocycles. The van der Waals surface area contributed by atoms with Gasteiger partial charge in [0.2, 0.25) is 6.10 Å². The van der Waals surface area contributed by atoms with Crippen LogP contribution in [0.3, 0.4) is 0 Å². The molecule has 1 atom stereocenters. The Kier molecular flexibility index (Phi) is 2.60. The summed E-state index contributed by atoms with van der Waals surface area (Å²) < 4.78 is 130. The lowest BCUT2D eigenvalue weighted by molar-refractivity contribution is -0.187. The summed E-state index contributed by atoms with van der Waals surface area (Å²) in [5, 5.41) is 8.83. The number of carbonyl (C=O) groups is 1. The van der Waals surface area contributed by atoms with Gasteiger partial charge in [0.15, 0.2) is 0 Å². The molecule has 1 aromatic carbocycles. The predicted molar refractivity (Wildman–Crippen MR) is 68.7 cm³/mol. The van der Waals surface area contributed by atoms with Crippen molar-refractivity contribution in [2.24, 2.45) is 0 Å². The molecule has 1 N–H and O–H groups in total. The Morgan fingerprint density at radius 1 is 1.25 bits per heavy atom. The van der Waals surface area contributed by atoms with E-state index in [0.717, 1.165) is 0 Å². The SMILES string of the molecule is [2H]C([2H])([2H])c1cc(S(F)(F)(F)(F)F)cc2c1O[C@H](C(F)(F)F)C(C(=O)O)=C2. The minimum atomic E-state index is -10.4. The number of fused-ring (bicyclic) bond motifs is 1. The Hall–Kier alpha value is -1.98. The van der Waals surface area contributed by atoms with Gasteiger partial charge in [-0.2, -0.15) is 13.2 Å². The van der Waals surface area contributed by atoms with E-state index < -0.39 is 68.7 Å². The van der Waals surface area contributed by atoms with Crippen molar-refractivity contribution in [3.63, 3.8) is 0 Å². The van der Waals surface area contributed by atoms with E-state index >= 15 is 0 Å². The molecule has 1 aliphatic rings. The smallest absolute Gasteiger partial charge is 0.430 e. The monoisotopic (exact) mass is 387 g/mol. The van der Waals surface area contributed by atoms with Gasteiger partial charge in [0.05, 0.1) is 5.57 Å². The van der Waals surface area contributed by atoms with E-state index in [2.05, 4.69) is 4.74 Å². The summed E-state index contributed by atoms with van der Waals surface area (Å²) in [4.78, 5) is 8.29. The zero-order chi connectivity index (χ0) is 21.3. The van der Waals surface area contributed by atoms with Crippen LogP contribution >= 0.6 is 10.2 Å². The van der Waals surface area contributed by atoms with Crippen molar-refractivity contribution in [3.8, 4) is 5.75 Å². The average molecular weight is 387 g/mol. The third kappa shape index (κ3) is 3.42.